The molecule has 6 heteroatoms. The van der Waals surface area contributed by atoms with Gasteiger partial charge in [-0.1, -0.05) is 6.07 Å². The molecule has 0 bridgehead atoms. The molecule has 4 nitrogen and oxygen atoms in total. The lowest BCUT2D eigenvalue weighted by Gasteiger charge is -2.19. The summed E-state index contributed by atoms with van der Waals surface area (Å²) in [5.41, 5.74) is 1.94. The van der Waals surface area contributed by atoms with E-state index in [0.29, 0.717) is 18.5 Å². The fourth-order valence-corrected chi connectivity index (χ4v) is 3.08. The molecule has 1 aliphatic rings. The molecule has 0 saturated carbocycles. The second-order valence-electron chi connectivity index (χ2n) is 5.01. The zero-order valence-electron chi connectivity index (χ0n) is 11.9. The van der Waals surface area contributed by atoms with Crippen LogP contribution in [0.1, 0.15) is 11.1 Å². The number of hydrogen-bond donors (Lipinski definition) is 2. The van der Waals surface area contributed by atoms with E-state index in [1.165, 1.54) is 11.8 Å². The van der Waals surface area contributed by atoms with Crippen molar-refractivity contribution in [3.63, 3.8) is 0 Å². The molecule has 0 radical (unpaired) electrons. The number of anilines is 1. The molecular formula is C16H16FN3OS. The van der Waals surface area contributed by atoms with Crippen molar-refractivity contribution in [2.24, 2.45) is 0 Å². The average Bonchev–Trinajstić information content (AvgIpc) is 2.57. The zero-order chi connectivity index (χ0) is 15.4. The summed E-state index contributed by atoms with van der Waals surface area (Å²) in [7, 11) is 0. The summed E-state index contributed by atoms with van der Waals surface area (Å²) in [5, 5.41) is 5.86. The van der Waals surface area contributed by atoms with Crippen molar-refractivity contribution in [1.82, 2.24) is 10.3 Å². The minimum absolute atomic E-state index is 0.213. The first-order chi connectivity index (χ1) is 10.7. The number of nitrogens with zero attached hydrogens (tertiary/aromatic N) is 1. The van der Waals surface area contributed by atoms with E-state index < -0.39 is 0 Å². The Labute approximate surface area is 132 Å². The van der Waals surface area contributed by atoms with Crippen LogP contribution in [0.2, 0.25) is 0 Å². The Bertz CT molecular complexity index is 679. The molecule has 0 atom stereocenters. The molecule has 0 unspecified atom stereocenters. The first-order valence-corrected chi connectivity index (χ1v) is 8.06. The number of halogens is 1. The van der Waals surface area contributed by atoms with Gasteiger partial charge in [0, 0.05) is 23.8 Å². The topological polar surface area (TPSA) is 54.0 Å². The van der Waals surface area contributed by atoms with E-state index in [0.717, 1.165) is 17.0 Å². The minimum Gasteiger partial charge on any atom is -0.323 e. The van der Waals surface area contributed by atoms with E-state index in [4.69, 9.17) is 0 Å². The summed E-state index contributed by atoms with van der Waals surface area (Å²) in [4.78, 5) is 16.9. The van der Waals surface area contributed by atoms with Gasteiger partial charge in [-0.15, -0.1) is 11.8 Å². The number of amides is 1. The highest BCUT2D eigenvalue weighted by Gasteiger charge is 2.17. The van der Waals surface area contributed by atoms with Gasteiger partial charge in [-0.05, 0) is 42.3 Å². The minimum atomic E-state index is -0.304. The standard InChI is InChI=1S/C16H16FN3OS/c17-16-13-5-8-19-9-11(13)1-2-14(16)20-15(21)10-22-12-3-6-18-7-4-12/h1-4,6-7,19H,5,8-10H2,(H,20,21). The Morgan fingerprint density at radius 1 is 1.32 bits per heavy atom. The number of rotatable bonds is 4. The van der Waals surface area contributed by atoms with E-state index in [2.05, 4.69) is 15.6 Å². The molecule has 114 valence electrons. The molecule has 1 aromatic heterocycles. The number of carbonyl (C=O) groups excluding carboxylic acids is 1. The predicted molar refractivity (Wildman–Crippen MR) is 85.4 cm³/mol. The SMILES string of the molecule is O=C(CSc1ccncc1)Nc1ccc2c(c1F)CCNC2. The Morgan fingerprint density at radius 3 is 2.95 bits per heavy atom. The fraction of sp³-hybridized carbons (Fsp3) is 0.250. The van der Waals surface area contributed by atoms with Crippen LogP contribution in [0.3, 0.4) is 0 Å². The zero-order valence-corrected chi connectivity index (χ0v) is 12.8. The Morgan fingerprint density at radius 2 is 2.14 bits per heavy atom. The highest BCUT2D eigenvalue weighted by Crippen LogP contribution is 2.25. The van der Waals surface area contributed by atoms with Crippen molar-refractivity contribution >= 4 is 23.4 Å². The van der Waals surface area contributed by atoms with Gasteiger partial charge in [0.15, 0.2) is 0 Å². The van der Waals surface area contributed by atoms with Crippen molar-refractivity contribution in [1.29, 1.82) is 0 Å². The van der Waals surface area contributed by atoms with Gasteiger partial charge in [-0.2, -0.15) is 0 Å². The quantitative estimate of drug-likeness (QED) is 0.851. The molecule has 22 heavy (non-hydrogen) atoms. The Balaban J connectivity index is 1.64. The third kappa shape index (κ3) is 3.45. The summed E-state index contributed by atoms with van der Waals surface area (Å²) in [6.45, 7) is 1.44. The highest BCUT2D eigenvalue weighted by atomic mass is 32.2. The number of thioether (sulfide) groups is 1. The van der Waals surface area contributed by atoms with E-state index in [1.54, 1.807) is 18.5 Å². The lowest BCUT2D eigenvalue weighted by atomic mass is 9.99. The van der Waals surface area contributed by atoms with Gasteiger partial charge in [-0.25, -0.2) is 4.39 Å². The molecule has 0 spiro atoms. The van der Waals surface area contributed by atoms with E-state index >= 15 is 0 Å². The summed E-state index contributed by atoms with van der Waals surface area (Å²) in [5.74, 6) is -0.280. The van der Waals surface area contributed by atoms with Crippen molar-refractivity contribution in [3.8, 4) is 0 Å². The molecule has 0 saturated heterocycles. The number of carbonyl (C=O) groups is 1. The van der Waals surface area contributed by atoms with Gasteiger partial charge >= 0.3 is 0 Å². The van der Waals surface area contributed by atoms with E-state index in [-0.39, 0.29) is 23.2 Å². The first kappa shape index (κ1) is 15.0. The summed E-state index contributed by atoms with van der Waals surface area (Å²) < 4.78 is 14.4. The molecule has 2 aromatic rings. The van der Waals surface area contributed by atoms with Gasteiger partial charge in [0.05, 0.1) is 11.4 Å². The number of nitrogens with one attached hydrogen (secondary N) is 2. The summed E-state index contributed by atoms with van der Waals surface area (Å²) in [6.07, 6.45) is 4.01. The van der Waals surface area contributed by atoms with Gasteiger partial charge in [0.1, 0.15) is 5.82 Å². The Hall–Kier alpha value is -1.92. The second kappa shape index (κ2) is 6.89. The lowest BCUT2D eigenvalue weighted by molar-refractivity contribution is -0.113. The average molecular weight is 317 g/mol. The third-order valence-electron chi connectivity index (χ3n) is 3.50. The largest absolute Gasteiger partial charge is 0.323 e. The molecule has 0 fully saturated rings. The summed E-state index contributed by atoms with van der Waals surface area (Å²) in [6, 6.07) is 7.18. The van der Waals surface area contributed by atoms with Crippen molar-refractivity contribution in [2.75, 3.05) is 17.6 Å². The maximum atomic E-state index is 14.4. The molecule has 3 rings (SSSR count). The van der Waals surface area contributed by atoms with Gasteiger partial charge in [0.2, 0.25) is 5.91 Å². The molecule has 1 amide bonds. The molecule has 1 aromatic carbocycles. The smallest absolute Gasteiger partial charge is 0.234 e. The maximum absolute atomic E-state index is 14.4. The monoisotopic (exact) mass is 317 g/mol. The van der Waals surface area contributed by atoms with Crippen LogP contribution < -0.4 is 10.6 Å². The third-order valence-corrected chi connectivity index (χ3v) is 4.51. The number of pyridine rings is 1. The number of benzene rings is 1. The van der Waals surface area contributed by atoms with Crippen molar-refractivity contribution in [3.05, 3.63) is 53.6 Å². The van der Waals surface area contributed by atoms with Crippen LogP contribution >= 0.6 is 11.8 Å². The number of fused-ring (bicyclic) bond motifs is 1. The molecule has 0 aliphatic carbocycles. The van der Waals surface area contributed by atoms with Gasteiger partial charge in [0.25, 0.3) is 0 Å². The molecule has 1 aliphatic heterocycles. The molecular weight excluding hydrogens is 301 g/mol. The van der Waals surface area contributed by atoms with Crippen LogP contribution in [0, 0.1) is 5.82 Å². The van der Waals surface area contributed by atoms with Gasteiger partial charge < -0.3 is 10.6 Å². The van der Waals surface area contributed by atoms with Crippen LogP contribution in [-0.2, 0) is 17.8 Å². The van der Waals surface area contributed by atoms with Crippen LogP contribution in [-0.4, -0.2) is 23.2 Å². The number of aromatic nitrogens is 1. The van der Waals surface area contributed by atoms with Crippen LogP contribution in [0.15, 0.2) is 41.6 Å². The first-order valence-electron chi connectivity index (χ1n) is 7.07. The number of hydrogen-bond acceptors (Lipinski definition) is 4. The predicted octanol–water partition coefficient (Wildman–Crippen LogP) is 2.60. The second-order valence-corrected chi connectivity index (χ2v) is 6.06. The normalized spacial score (nSPS) is 13.5. The lowest BCUT2D eigenvalue weighted by Crippen LogP contribution is -2.25. The summed E-state index contributed by atoms with van der Waals surface area (Å²) >= 11 is 1.40. The Kier molecular flexibility index (Phi) is 4.70. The van der Waals surface area contributed by atoms with Crippen molar-refractivity contribution < 1.29 is 9.18 Å². The molecule has 2 heterocycles. The fourth-order valence-electron chi connectivity index (χ4n) is 2.40. The van der Waals surface area contributed by atoms with Crippen LogP contribution in [0.4, 0.5) is 10.1 Å². The van der Waals surface area contributed by atoms with Gasteiger partial charge in [-0.3, -0.25) is 9.78 Å². The molecule has 2 N–H and O–H groups in total. The van der Waals surface area contributed by atoms with Crippen molar-refractivity contribution in [2.45, 2.75) is 17.9 Å². The van der Waals surface area contributed by atoms with E-state index in [1.807, 2.05) is 18.2 Å². The maximum Gasteiger partial charge on any atom is 0.234 e. The highest BCUT2D eigenvalue weighted by molar-refractivity contribution is 8.00. The van der Waals surface area contributed by atoms with E-state index in [9.17, 15) is 9.18 Å². The van der Waals surface area contributed by atoms with Crippen LogP contribution in [0.25, 0.3) is 0 Å². The van der Waals surface area contributed by atoms with Crippen LogP contribution in [0.5, 0.6) is 0 Å².